The lowest BCUT2D eigenvalue weighted by atomic mass is 9.84. The molecule has 64 valence electrons. The van der Waals surface area contributed by atoms with Gasteiger partial charge in [0.1, 0.15) is 7.85 Å². The van der Waals surface area contributed by atoms with Crippen molar-refractivity contribution >= 4 is 29.2 Å². The maximum atomic E-state index is 3.54. The number of rotatable bonds is 0. The molecular formula is C10H14BBr. The van der Waals surface area contributed by atoms with Crippen LogP contribution < -0.4 is 5.46 Å². The first kappa shape index (κ1) is 9.85. The smallest absolute Gasteiger partial charge is 0.0750 e. The summed E-state index contributed by atoms with van der Waals surface area (Å²) in [6.45, 7) is 6.68. The molecule has 0 saturated carbocycles. The topological polar surface area (TPSA) is 0 Å². The van der Waals surface area contributed by atoms with Gasteiger partial charge in [-0.2, -0.15) is 0 Å². The highest BCUT2D eigenvalue weighted by Crippen LogP contribution is 2.23. The highest BCUT2D eigenvalue weighted by atomic mass is 79.9. The monoisotopic (exact) mass is 224 g/mol. The van der Waals surface area contributed by atoms with E-state index in [1.165, 1.54) is 15.5 Å². The predicted molar refractivity (Wildman–Crippen MR) is 61.0 cm³/mol. The molecule has 0 aliphatic rings. The third-order valence-corrected chi connectivity index (χ3v) is 2.89. The summed E-state index contributed by atoms with van der Waals surface area (Å²) in [6.07, 6.45) is 0. The second-order valence-corrected chi connectivity index (χ2v) is 5.07. The van der Waals surface area contributed by atoms with E-state index in [0.717, 1.165) is 0 Å². The summed E-state index contributed by atoms with van der Waals surface area (Å²) < 4.78 is 1.20. The first-order chi connectivity index (χ1) is 5.41. The van der Waals surface area contributed by atoms with E-state index in [2.05, 4.69) is 62.7 Å². The highest BCUT2D eigenvalue weighted by Gasteiger charge is 2.13. The number of benzene rings is 1. The molecule has 0 unspecified atom stereocenters. The fourth-order valence-electron chi connectivity index (χ4n) is 1.06. The Morgan fingerprint density at radius 3 is 2.25 bits per heavy atom. The van der Waals surface area contributed by atoms with Crippen molar-refractivity contribution in [3.63, 3.8) is 0 Å². The van der Waals surface area contributed by atoms with Crippen LogP contribution in [-0.2, 0) is 5.41 Å². The molecule has 0 N–H and O–H groups in total. The predicted octanol–water partition coefficient (Wildman–Crippen LogP) is 2.00. The summed E-state index contributed by atoms with van der Waals surface area (Å²) in [7, 11) is 2.11. The van der Waals surface area contributed by atoms with Crippen LogP contribution in [0, 0.1) is 0 Å². The van der Waals surface area contributed by atoms with Gasteiger partial charge in [-0.25, -0.2) is 0 Å². The van der Waals surface area contributed by atoms with Gasteiger partial charge in [0.2, 0.25) is 0 Å². The summed E-state index contributed by atoms with van der Waals surface area (Å²) in [4.78, 5) is 0. The van der Waals surface area contributed by atoms with Gasteiger partial charge in [-0.15, -0.1) is 0 Å². The van der Waals surface area contributed by atoms with Gasteiger partial charge >= 0.3 is 0 Å². The van der Waals surface area contributed by atoms with Crippen molar-refractivity contribution < 1.29 is 0 Å². The molecule has 1 aromatic rings. The Labute approximate surface area is 83.9 Å². The lowest BCUT2D eigenvalue weighted by Crippen LogP contribution is -2.14. The van der Waals surface area contributed by atoms with Crippen LogP contribution in [0.25, 0.3) is 0 Å². The molecule has 2 heteroatoms. The van der Waals surface area contributed by atoms with Crippen molar-refractivity contribution in [1.82, 2.24) is 0 Å². The standard InChI is InChI=1S/C10H14BBr/c1-10(2,3)7-4-5-8(11)9(12)6-7/h4-6H,11H2,1-3H3. The van der Waals surface area contributed by atoms with Crippen LogP contribution in [0.5, 0.6) is 0 Å². The molecule has 0 bridgehead atoms. The molecule has 0 aliphatic carbocycles. The third-order valence-electron chi connectivity index (χ3n) is 2.04. The first-order valence-electron chi connectivity index (χ1n) is 4.18. The van der Waals surface area contributed by atoms with Crippen LogP contribution in [0.3, 0.4) is 0 Å². The van der Waals surface area contributed by atoms with Crippen LogP contribution in [0.1, 0.15) is 26.3 Å². The molecule has 0 atom stereocenters. The van der Waals surface area contributed by atoms with Crippen molar-refractivity contribution in [2.75, 3.05) is 0 Å². The molecule has 1 aromatic carbocycles. The van der Waals surface area contributed by atoms with E-state index in [9.17, 15) is 0 Å². The Bertz CT molecular complexity index is 286. The van der Waals surface area contributed by atoms with Gasteiger partial charge in [0, 0.05) is 4.47 Å². The highest BCUT2D eigenvalue weighted by molar-refractivity contribution is 9.10. The normalized spacial score (nSPS) is 11.7. The summed E-state index contributed by atoms with van der Waals surface area (Å²) in [5, 5.41) is 0. The van der Waals surface area contributed by atoms with Crippen molar-refractivity contribution in [3.05, 3.63) is 28.2 Å². The molecular weight excluding hydrogens is 211 g/mol. The molecule has 0 aliphatic heterocycles. The fraction of sp³-hybridized carbons (Fsp3) is 0.400. The van der Waals surface area contributed by atoms with E-state index in [1.807, 2.05) is 0 Å². The summed E-state index contributed by atoms with van der Waals surface area (Å²) in [6, 6.07) is 6.56. The zero-order valence-corrected chi connectivity index (χ0v) is 9.70. The SMILES string of the molecule is Bc1ccc(C(C)(C)C)cc1Br. The number of hydrogen-bond donors (Lipinski definition) is 0. The fourth-order valence-corrected chi connectivity index (χ4v) is 1.44. The average Bonchev–Trinajstić information content (AvgIpc) is 1.92. The quantitative estimate of drug-likeness (QED) is 0.592. The zero-order valence-electron chi connectivity index (χ0n) is 8.11. The molecule has 0 heterocycles. The molecule has 0 spiro atoms. The summed E-state index contributed by atoms with van der Waals surface area (Å²) in [5.41, 5.74) is 2.92. The largest absolute Gasteiger partial charge is 0.140 e. The molecule has 0 radical (unpaired) electrons. The van der Waals surface area contributed by atoms with Crippen LogP contribution in [0.4, 0.5) is 0 Å². The van der Waals surface area contributed by atoms with E-state index in [1.54, 1.807) is 0 Å². The van der Waals surface area contributed by atoms with E-state index in [-0.39, 0.29) is 5.41 Å². The summed E-state index contributed by atoms with van der Waals surface area (Å²) in [5.74, 6) is 0. The molecule has 0 amide bonds. The van der Waals surface area contributed by atoms with E-state index >= 15 is 0 Å². The zero-order chi connectivity index (χ0) is 9.35. The molecule has 0 aromatic heterocycles. The van der Waals surface area contributed by atoms with Crippen molar-refractivity contribution in [3.8, 4) is 0 Å². The van der Waals surface area contributed by atoms with Gasteiger partial charge in [-0.05, 0) is 17.0 Å². The lowest BCUT2D eigenvalue weighted by Gasteiger charge is -2.19. The average molecular weight is 225 g/mol. The molecule has 0 nitrogen and oxygen atoms in total. The van der Waals surface area contributed by atoms with Gasteiger partial charge in [-0.3, -0.25) is 0 Å². The van der Waals surface area contributed by atoms with Crippen molar-refractivity contribution in [2.45, 2.75) is 26.2 Å². The Balaban J connectivity index is 3.14. The van der Waals surface area contributed by atoms with E-state index in [4.69, 9.17) is 0 Å². The Morgan fingerprint density at radius 1 is 1.25 bits per heavy atom. The van der Waals surface area contributed by atoms with E-state index < -0.39 is 0 Å². The Kier molecular flexibility index (Phi) is 2.67. The minimum atomic E-state index is 0.246. The van der Waals surface area contributed by atoms with Gasteiger partial charge in [-0.1, -0.05) is 54.3 Å². The Hall–Kier alpha value is -0.235. The molecule has 1 rings (SSSR count). The summed E-state index contributed by atoms with van der Waals surface area (Å²) >= 11 is 3.54. The number of hydrogen-bond acceptors (Lipinski definition) is 0. The molecule has 12 heavy (non-hydrogen) atoms. The number of halogens is 1. The van der Waals surface area contributed by atoms with Crippen LogP contribution >= 0.6 is 15.9 Å². The minimum Gasteiger partial charge on any atom is -0.0750 e. The second kappa shape index (κ2) is 3.25. The third kappa shape index (κ3) is 2.13. The van der Waals surface area contributed by atoms with Gasteiger partial charge in [0.05, 0.1) is 0 Å². The Morgan fingerprint density at radius 2 is 1.83 bits per heavy atom. The van der Waals surface area contributed by atoms with Crippen LogP contribution in [-0.4, -0.2) is 7.85 Å². The van der Waals surface area contributed by atoms with E-state index in [0.29, 0.717) is 0 Å². The first-order valence-corrected chi connectivity index (χ1v) is 4.97. The van der Waals surface area contributed by atoms with Crippen LogP contribution in [0.15, 0.2) is 22.7 Å². The van der Waals surface area contributed by atoms with Crippen molar-refractivity contribution in [1.29, 1.82) is 0 Å². The maximum Gasteiger partial charge on any atom is 0.140 e. The van der Waals surface area contributed by atoms with Crippen molar-refractivity contribution in [2.24, 2.45) is 0 Å². The lowest BCUT2D eigenvalue weighted by molar-refractivity contribution is 0.590. The maximum absolute atomic E-state index is 3.54. The second-order valence-electron chi connectivity index (χ2n) is 4.21. The minimum absolute atomic E-state index is 0.246. The molecule has 0 fully saturated rings. The van der Waals surface area contributed by atoms with Gasteiger partial charge in [0.15, 0.2) is 0 Å². The van der Waals surface area contributed by atoms with Gasteiger partial charge < -0.3 is 0 Å². The van der Waals surface area contributed by atoms with Gasteiger partial charge in [0.25, 0.3) is 0 Å². The van der Waals surface area contributed by atoms with Crippen LogP contribution in [0.2, 0.25) is 0 Å². The molecule has 0 saturated heterocycles.